The fourth-order valence-corrected chi connectivity index (χ4v) is 4.28. The number of ether oxygens (including phenoxy) is 3. The van der Waals surface area contributed by atoms with Crippen LogP contribution in [0.5, 0.6) is 17.2 Å². The molecule has 1 atom stereocenters. The van der Waals surface area contributed by atoms with Gasteiger partial charge in [-0.25, -0.2) is 0 Å². The summed E-state index contributed by atoms with van der Waals surface area (Å²) in [5, 5.41) is 10.5. The van der Waals surface area contributed by atoms with Crippen LogP contribution in [0.2, 0.25) is 0 Å². The smallest absolute Gasteiger partial charge is 0.231 e. The summed E-state index contributed by atoms with van der Waals surface area (Å²) in [5.74, 6) is 2.60. The molecule has 3 N–H and O–H groups in total. The van der Waals surface area contributed by atoms with Crippen molar-refractivity contribution in [2.75, 3.05) is 46.1 Å². The Balaban J connectivity index is 1.20. The number of quaternary nitrogens is 2. The third-order valence-corrected chi connectivity index (χ3v) is 5.91. The minimum absolute atomic E-state index is 0.323. The maximum absolute atomic E-state index is 10.5. The summed E-state index contributed by atoms with van der Waals surface area (Å²) in [5.41, 5.74) is 3.52. The van der Waals surface area contributed by atoms with Gasteiger partial charge in [-0.1, -0.05) is 18.2 Å². The van der Waals surface area contributed by atoms with Crippen LogP contribution in [-0.4, -0.2) is 57.3 Å². The van der Waals surface area contributed by atoms with Crippen molar-refractivity contribution >= 4 is 0 Å². The zero-order valence-electron chi connectivity index (χ0n) is 17.4. The van der Waals surface area contributed by atoms with E-state index in [0.717, 1.165) is 67.6 Å². The van der Waals surface area contributed by atoms with E-state index >= 15 is 0 Å². The van der Waals surface area contributed by atoms with Gasteiger partial charge in [0, 0.05) is 5.56 Å². The first-order valence-corrected chi connectivity index (χ1v) is 10.5. The second-order valence-electron chi connectivity index (χ2n) is 8.25. The number of nitrogens with one attached hydrogen (secondary N) is 2. The Bertz CT molecular complexity index is 813. The van der Waals surface area contributed by atoms with E-state index in [9.17, 15) is 5.11 Å². The first kappa shape index (κ1) is 20.0. The van der Waals surface area contributed by atoms with Crippen molar-refractivity contribution in [3.05, 3.63) is 53.1 Å². The standard InChI is InChI=1S/C23H30N2O4/c1-17-4-3-5-18(2)23(17)27-15-20(26)14-25-10-8-24(9-11-25)13-19-6-7-21-22(12-19)29-16-28-21/h3-7,12,20,26H,8-11,13-16H2,1-2H3/p+2. The van der Waals surface area contributed by atoms with Crippen molar-refractivity contribution in [2.24, 2.45) is 0 Å². The summed E-state index contributed by atoms with van der Waals surface area (Å²) >= 11 is 0. The summed E-state index contributed by atoms with van der Waals surface area (Å²) < 4.78 is 16.8. The van der Waals surface area contributed by atoms with E-state index in [-0.39, 0.29) is 0 Å². The Morgan fingerprint density at radius 2 is 1.66 bits per heavy atom. The zero-order chi connectivity index (χ0) is 20.2. The largest absolute Gasteiger partial charge is 0.490 e. The van der Waals surface area contributed by atoms with Gasteiger partial charge >= 0.3 is 0 Å². The van der Waals surface area contributed by atoms with Gasteiger partial charge in [0.2, 0.25) is 6.79 Å². The SMILES string of the molecule is Cc1cccc(C)c1OCC(O)C[NH+]1CC[NH+](Cc2ccc3c(c2)OCO3)CC1. The second kappa shape index (κ2) is 9.03. The third-order valence-electron chi connectivity index (χ3n) is 5.91. The lowest BCUT2D eigenvalue weighted by molar-refractivity contribution is -1.02. The lowest BCUT2D eigenvalue weighted by atomic mass is 10.1. The Kier molecular flexibility index (Phi) is 6.23. The van der Waals surface area contributed by atoms with Gasteiger partial charge in [0.05, 0.1) is 0 Å². The molecule has 2 aliphatic heterocycles. The molecule has 2 aromatic rings. The van der Waals surface area contributed by atoms with E-state index < -0.39 is 6.10 Å². The molecule has 156 valence electrons. The Morgan fingerprint density at radius 1 is 0.966 bits per heavy atom. The van der Waals surface area contributed by atoms with Gasteiger partial charge in [-0.05, 0) is 43.2 Å². The summed E-state index contributed by atoms with van der Waals surface area (Å²) in [4.78, 5) is 3.03. The van der Waals surface area contributed by atoms with Crippen LogP contribution in [0.25, 0.3) is 0 Å². The third kappa shape index (κ3) is 5.01. The summed E-state index contributed by atoms with van der Waals surface area (Å²) in [6.45, 7) is 10.9. The molecule has 0 aromatic heterocycles. The molecule has 2 aromatic carbocycles. The fourth-order valence-electron chi connectivity index (χ4n) is 4.28. The Hall–Kier alpha value is -2.28. The molecular weight excluding hydrogens is 368 g/mol. The molecule has 0 aliphatic carbocycles. The highest BCUT2D eigenvalue weighted by Gasteiger charge is 2.26. The summed E-state index contributed by atoms with van der Waals surface area (Å²) in [6.07, 6.45) is -0.445. The molecule has 0 spiro atoms. The molecule has 6 heteroatoms. The van der Waals surface area contributed by atoms with Gasteiger partial charge in [0.1, 0.15) is 57.7 Å². The van der Waals surface area contributed by atoms with Crippen LogP contribution in [0.3, 0.4) is 0 Å². The predicted octanol–water partition coefficient (Wildman–Crippen LogP) is -0.245. The lowest BCUT2D eigenvalue weighted by Gasteiger charge is -2.31. The Morgan fingerprint density at radius 3 is 2.41 bits per heavy atom. The molecule has 29 heavy (non-hydrogen) atoms. The average Bonchev–Trinajstić information content (AvgIpc) is 3.17. The van der Waals surface area contributed by atoms with Crippen LogP contribution >= 0.6 is 0 Å². The van der Waals surface area contributed by atoms with Crippen molar-refractivity contribution < 1.29 is 29.1 Å². The summed E-state index contributed by atoms with van der Waals surface area (Å²) in [6, 6.07) is 12.4. The number of aryl methyl sites for hydroxylation is 2. The number of rotatable bonds is 7. The molecule has 1 saturated heterocycles. The van der Waals surface area contributed by atoms with Crippen molar-refractivity contribution in [3.8, 4) is 17.2 Å². The van der Waals surface area contributed by atoms with Gasteiger partial charge in [-0.3, -0.25) is 0 Å². The molecule has 2 aliphatic rings. The molecule has 0 bridgehead atoms. The lowest BCUT2D eigenvalue weighted by Crippen LogP contribution is -3.28. The van der Waals surface area contributed by atoms with Crippen molar-refractivity contribution in [1.82, 2.24) is 0 Å². The first-order chi connectivity index (χ1) is 14.1. The number of fused-ring (bicyclic) bond motifs is 1. The van der Waals surface area contributed by atoms with Gasteiger partial charge in [0.15, 0.2) is 11.5 Å². The number of hydrogen-bond acceptors (Lipinski definition) is 4. The monoisotopic (exact) mass is 400 g/mol. The van der Waals surface area contributed by atoms with Crippen molar-refractivity contribution in [3.63, 3.8) is 0 Å². The maximum atomic E-state index is 10.5. The molecule has 0 radical (unpaired) electrons. The normalized spacial score (nSPS) is 21.8. The number of piperazine rings is 1. The Labute approximate surface area is 172 Å². The van der Waals surface area contributed by atoms with Gasteiger partial charge in [-0.2, -0.15) is 0 Å². The van der Waals surface area contributed by atoms with Crippen molar-refractivity contribution in [2.45, 2.75) is 26.5 Å². The highest BCUT2D eigenvalue weighted by Crippen LogP contribution is 2.32. The fraction of sp³-hybridized carbons (Fsp3) is 0.478. The molecule has 0 amide bonds. The number of benzene rings is 2. The van der Waals surface area contributed by atoms with Crippen LogP contribution in [0.1, 0.15) is 16.7 Å². The highest BCUT2D eigenvalue weighted by molar-refractivity contribution is 5.44. The first-order valence-electron chi connectivity index (χ1n) is 10.5. The van der Waals surface area contributed by atoms with E-state index in [0.29, 0.717) is 13.4 Å². The van der Waals surface area contributed by atoms with E-state index in [1.807, 2.05) is 38.1 Å². The minimum Gasteiger partial charge on any atom is -0.490 e. The van der Waals surface area contributed by atoms with Gasteiger partial charge in [0.25, 0.3) is 0 Å². The number of aliphatic hydroxyl groups is 1. The minimum atomic E-state index is -0.445. The van der Waals surface area contributed by atoms with Crippen LogP contribution in [0.15, 0.2) is 36.4 Å². The van der Waals surface area contributed by atoms with Gasteiger partial charge in [-0.15, -0.1) is 0 Å². The molecular formula is C23H32N2O4+2. The number of para-hydroxylation sites is 1. The second-order valence-corrected chi connectivity index (χ2v) is 8.25. The molecule has 1 unspecified atom stereocenters. The molecule has 4 rings (SSSR count). The van der Waals surface area contributed by atoms with E-state index in [1.54, 1.807) is 4.90 Å². The quantitative estimate of drug-likeness (QED) is 0.600. The predicted molar refractivity (Wildman–Crippen MR) is 110 cm³/mol. The molecule has 2 heterocycles. The average molecular weight is 401 g/mol. The van der Waals surface area contributed by atoms with Crippen LogP contribution in [0.4, 0.5) is 0 Å². The zero-order valence-corrected chi connectivity index (χ0v) is 17.4. The topological polar surface area (TPSA) is 56.8 Å². The number of hydrogen-bond donors (Lipinski definition) is 3. The van der Waals surface area contributed by atoms with E-state index in [1.165, 1.54) is 10.5 Å². The van der Waals surface area contributed by atoms with Crippen LogP contribution < -0.4 is 24.0 Å². The maximum Gasteiger partial charge on any atom is 0.231 e. The highest BCUT2D eigenvalue weighted by atomic mass is 16.7. The molecule has 1 fully saturated rings. The van der Waals surface area contributed by atoms with Gasteiger partial charge < -0.3 is 29.1 Å². The summed E-state index contributed by atoms with van der Waals surface area (Å²) in [7, 11) is 0. The van der Waals surface area contributed by atoms with Crippen LogP contribution in [-0.2, 0) is 6.54 Å². The number of aliphatic hydroxyl groups excluding tert-OH is 1. The molecule has 6 nitrogen and oxygen atoms in total. The van der Waals surface area contributed by atoms with E-state index in [2.05, 4.69) is 12.1 Å². The molecule has 0 saturated carbocycles. The van der Waals surface area contributed by atoms with Crippen LogP contribution in [0, 0.1) is 13.8 Å². The van der Waals surface area contributed by atoms with Crippen molar-refractivity contribution in [1.29, 1.82) is 0 Å². The van der Waals surface area contributed by atoms with E-state index in [4.69, 9.17) is 14.2 Å².